The second kappa shape index (κ2) is 4.61. The van der Waals surface area contributed by atoms with E-state index in [0.29, 0.717) is 0 Å². The van der Waals surface area contributed by atoms with Gasteiger partial charge in [0.2, 0.25) is 0 Å². The predicted octanol–water partition coefficient (Wildman–Crippen LogP) is 1.64. The molecule has 5 heteroatoms. The summed E-state index contributed by atoms with van der Waals surface area (Å²) in [6, 6.07) is 2.09. The minimum Gasteiger partial charge on any atom is -0.377 e. The molecule has 0 radical (unpaired) electrons. The van der Waals surface area contributed by atoms with Crippen LogP contribution in [0, 0.1) is 6.92 Å². The van der Waals surface area contributed by atoms with Gasteiger partial charge in [-0.1, -0.05) is 6.92 Å². The van der Waals surface area contributed by atoms with E-state index in [1.165, 1.54) is 5.69 Å². The lowest BCUT2D eigenvalue weighted by Gasteiger charge is -2.05. The lowest BCUT2D eigenvalue weighted by atomic mass is 10.3. The lowest BCUT2D eigenvalue weighted by Crippen LogP contribution is -2.06. The average Bonchev–Trinajstić information content (AvgIpc) is 2.78. The van der Waals surface area contributed by atoms with Crippen molar-refractivity contribution < 1.29 is 0 Å². The van der Waals surface area contributed by atoms with Crippen molar-refractivity contribution in [2.24, 2.45) is 14.1 Å². The largest absolute Gasteiger partial charge is 0.377 e. The van der Waals surface area contributed by atoms with Gasteiger partial charge in [0.05, 0.1) is 29.3 Å². The molecule has 92 valence electrons. The maximum absolute atomic E-state index is 4.40. The normalized spacial score (nSPS) is 10.8. The van der Waals surface area contributed by atoms with Crippen molar-refractivity contribution in [3.05, 3.63) is 29.3 Å². The molecule has 17 heavy (non-hydrogen) atoms. The first kappa shape index (κ1) is 11.7. The van der Waals surface area contributed by atoms with Crippen molar-refractivity contribution in [3.63, 3.8) is 0 Å². The Morgan fingerprint density at radius 2 is 2.06 bits per heavy atom. The van der Waals surface area contributed by atoms with Crippen LogP contribution in [0.15, 0.2) is 12.3 Å². The molecule has 0 aromatic carbocycles. The lowest BCUT2D eigenvalue weighted by molar-refractivity contribution is 0.713. The highest BCUT2D eigenvalue weighted by Gasteiger charge is 2.07. The molecule has 0 unspecified atom stereocenters. The van der Waals surface area contributed by atoms with Crippen molar-refractivity contribution >= 4 is 5.69 Å². The number of aryl methyl sites for hydroxylation is 4. The minimum atomic E-state index is 0.774. The molecule has 0 aliphatic heterocycles. The first-order chi connectivity index (χ1) is 8.10. The highest BCUT2D eigenvalue weighted by atomic mass is 15.3. The highest BCUT2D eigenvalue weighted by Crippen LogP contribution is 2.15. The minimum absolute atomic E-state index is 0.774. The Balaban J connectivity index is 2.09. The molecule has 0 amide bonds. The first-order valence-electron chi connectivity index (χ1n) is 5.86. The third-order valence-corrected chi connectivity index (χ3v) is 2.80. The summed E-state index contributed by atoms with van der Waals surface area (Å²) in [7, 11) is 3.91. The Kier molecular flexibility index (Phi) is 3.17. The zero-order valence-corrected chi connectivity index (χ0v) is 10.9. The molecule has 0 spiro atoms. The van der Waals surface area contributed by atoms with Crippen LogP contribution in [-0.2, 0) is 27.1 Å². The van der Waals surface area contributed by atoms with Gasteiger partial charge in [-0.3, -0.25) is 9.36 Å². The molecular formula is C12H19N5. The van der Waals surface area contributed by atoms with Crippen molar-refractivity contribution in [3.8, 4) is 0 Å². The number of nitrogens with zero attached hydrogens (tertiary/aromatic N) is 4. The Bertz CT molecular complexity index is 509. The fraction of sp³-hybridized carbons (Fsp3) is 0.500. The molecule has 0 aliphatic carbocycles. The average molecular weight is 233 g/mol. The van der Waals surface area contributed by atoms with Crippen LogP contribution in [0.3, 0.4) is 0 Å². The van der Waals surface area contributed by atoms with Gasteiger partial charge in [-0.05, 0) is 19.4 Å². The summed E-state index contributed by atoms with van der Waals surface area (Å²) in [5, 5.41) is 12.1. The molecule has 2 aromatic rings. The highest BCUT2D eigenvalue weighted by molar-refractivity contribution is 5.46. The molecule has 2 heterocycles. The van der Waals surface area contributed by atoms with E-state index < -0.39 is 0 Å². The SMILES string of the molecule is CCc1nn(C)cc1NCc1cc(C)nn1C. The van der Waals surface area contributed by atoms with Crippen LogP contribution in [0.5, 0.6) is 0 Å². The molecule has 0 saturated carbocycles. The molecule has 1 N–H and O–H groups in total. The summed E-state index contributed by atoms with van der Waals surface area (Å²) < 4.78 is 3.75. The Hall–Kier alpha value is -1.78. The number of aromatic nitrogens is 4. The van der Waals surface area contributed by atoms with Crippen LogP contribution >= 0.6 is 0 Å². The summed E-state index contributed by atoms with van der Waals surface area (Å²) >= 11 is 0. The fourth-order valence-corrected chi connectivity index (χ4v) is 1.96. The monoisotopic (exact) mass is 233 g/mol. The van der Waals surface area contributed by atoms with E-state index in [1.54, 1.807) is 0 Å². The van der Waals surface area contributed by atoms with Crippen LogP contribution in [0.4, 0.5) is 5.69 Å². The zero-order chi connectivity index (χ0) is 12.4. The first-order valence-corrected chi connectivity index (χ1v) is 5.86. The summed E-state index contributed by atoms with van der Waals surface area (Å²) in [6.45, 7) is 4.89. The molecule has 2 rings (SSSR count). The standard InChI is InChI=1S/C12H19N5/c1-5-11-12(8-16(3)15-11)13-7-10-6-9(2)14-17(10)4/h6,8,13H,5,7H2,1-4H3. The molecule has 0 bridgehead atoms. The van der Waals surface area contributed by atoms with Gasteiger partial charge in [-0.15, -0.1) is 0 Å². The summed E-state index contributed by atoms with van der Waals surface area (Å²) in [6.07, 6.45) is 2.95. The predicted molar refractivity (Wildman–Crippen MR) is 67.9 cm³/mol. The maximum atomic E-state index is 4.40. The molecule has 5 nitrogen and oxygen atoms in total. The fourth-order valence-electron chi connectivity index (χ4n) is 1.96. The van der Waals surface area contributed by atoms with Gasteiger partial charge in [0, 0.05) is 20.3 Å². The van der Waals surface area contributed by atoms with E-state index in [1.807, 2.05) is 36.6 Å². The van der Waals surface area contributed by atoms with E-state index in [-0.39, 0.29) is 0 Å². The van der Waals surface area contributed by atoms with Crippen LogP contribution in [0.1, 0.15) is 24.0 Å². The Labute approximate surface area is 101 Å². The number of anilines is 1. The van der Waals surface area contributed by atoms with Crippen molar-refractivity contribution in [2.45, 2.75) is 26.8 Å². The van der Waals surface area contributed by atoms with Gasteiger partial charge in [0.25, 0.3) is 0 Å². The van der Waals surface area contributed by atoms with Crippen molar-refractivity contribution in [1.29, 1.82) is 0 Å². The van der Waals surface area contributed by atoms with Crippen molar-refractivity contribution in [2.75, 3.05) is 5.32 Å². The van der Waals surface area contributed by atoms with Gasteiger partial charge in [-0.25, -0.2) is 0 Å². The van der Waals surface area contributed by atoms with Gasteiger partial charge < -0.3 is 5.32 Å². The van der Waals surface area contributed by atoms with E-state index in [2.05, 4.69) is 28.5 Å². The second-order valence-corrected chi connectivity index (χ2v) is 4.27. The smallest absolute Gasteiger partial charge is 0.0853 e. The van der Waals surface area contributed by atoms with Crippen LogP contribution in [0.2, 0.25) is 0 Å². The van der Waals surface area contributed by atoms with E-state index in [4.69, 9.17) is 0 Å². The Morgan fingerprint density at radius 3 is 2.65 bits per heavy atom. The maximum Gasteiger partial charge on any atom is 0.0853 e. The van der Waals surface area contributed by atoms with Gasteiger partial charge in [-0.2, -0.15) is 10.2 Å². The number of rotatable bonds is 4. The molecular weight excluding hydrogens is 214 g/mol. The van der Waals surface area contributed by atoms with Crippen molar-refractivity contribution in [1.82, 2.24) is 19.6 Å². The molecule has 2 aromatic heterocycles. The number of hydrogen-bond donors (Lipinski definition) is 1. The number of hydrogen-bond acceptors (Lipinski definition) is 3. The van der Waals surface area contributed by atoms with Crippen LogP contribution in [0.25, 0.3) is 0 Å². The topological polar surface area (TPSA) is 47.7 Å². The summed E-state index contributed by atoms with van der Waals surface area (Å²) in [5.74, 6) is 0. The third kappa shape index (κ3) is 2.49. The summed E-state index contributed by atoms with van der Waals surface area (Å²) in [4.78, 5) is 0. The Morgan fingerprint density at radius 1 is 1.29 bits per heavy atom. The van der Waals surface area contributed by atoms with E-state index in [9.17, 15) is 0 Å². The van der Waals surface area contributed by atoms with Crippen LogP contribution < -0.4 is 5.32 Å². The van der Waals surface area contributed by atoms with Crippen LogP contribution in [-0.4, -0.2) is 19.6 Å². The van der Waals surface area contributed by atoms with Gasteiger partial charge in [0.1, 0.15) is 0 Å². The van der Waals surface area contributed by atoms with Gasteiger partial charge >= 0.3 is 0 Å². The molecule has 0 aliphatic rings. The quantitative estimate of drug-likeness (QED) is 0.873. The molecule has 0 fully saturated rings. The zero-order valence-electron chi connectivity index (χ0n) is 10.9. The third-order valence-electron chi connectivity index (χ3n) is 2.80. The van der Waals surface area contributed by atoms with E-state index in [0.717, 1.165) is 30.0 Å². The molecule has 0 saturated heterocycles. The van der Waals surface area contributed by atoms with Gasteiger partial charge in [0.15, 0.2) is 0 Å². The molecule has 0 atom stereocenters. The van der Waals surface area contributed by atoms with E-state index >= 15 is 0 Å². The summed E-state index contributed by atoms with van der Waals surface area (Å²) in [5.41, 5.74) is 4.43. The second-order valence-electron chi connectivity index (χ2n) is 4.27. The number of nitrogens with one attached hydrogen (secondary N) is 1.